The second-order valence-corrected chi connectivity index (χ2v) is 9.51. The van der Waals surface area contributed by atoms with E-state index >= 15 is 0 Å². The fourth-order valence-corrected chi connectivity index (χ4v) is 6.18. The van der Waals surface area contributed by atoms with Crippen LogP contribution in [0.25, 0.3) is 0 Å². The van der Waals surface area contributed by atoms with Gasteiger partial charge in [-0.05, 0) is 55.0 Å². The van der Waals surface area contributed by atoms with Crippen LogP contribution in [0.1, 0.15) is 42.4 Å². The molecule has 3 N–H and O–H groups in total. The van der Waals surface area contributed by atoms with Crippen LogP contribution in [0.2, 0.25) is 0 Å². The molecule has 3 fully saturated rings. The van der Waals surface area contributed by atoms with E-state index in [1.807, 2.05) is 6.07 Å². The number of piperidine rings is 3. The highest BCUT2D eigenvalue weighted by Gasteiger charge is 2.56. The average molecular weight is 481 g/mol. The molecule has 2 bridgehead atoms. The maximum atomic E-state index is 12.5. The Balaban J connectivity index is 0.000000314. The number of carboxylic acids is 2. The zero-order valence-corrected chi connectivity index (χ0v) is 19.7. The van der Waals surface area contributed by atoms with E-state index in [-0.39, 0.29) is 12.8 Å². The van der Waals surface area contributed by atoms with Gasteiger partial charge in [0.2, 0.25) is 0 Å². The summed E-state index contributed by atoms with van der Waals surface area (Å²) in [6, 6.07) is 18.9. The van der Waals surface area contributed by atoms with E-state index in [1.165, 1.54) is 24.0 Å². The lowest BCUT2D eigenvalue weighted by Crippen LogP contribution is -2.64. The van der Waals surface area contributed by atoms with Crippen molar-refractivity contribution >= 4 is 18.0 Å². The summed E-state index contributed by atoms with van der Waals surface area (Å²) in [6.45, 7) is 3.85. The summed E-state index contributed by atoms with van der Waals surface area (Å²) in [6.07, 6.45) is 1.75. The molecule has 4 heterocycles. The van der Waals surface area contributed by atoms with Crippen molar-refractivity contribution in [2.75, 3.05) is 26.2 Å². The van der Waals surface area contributed by atoms with Crippen LogP contribution in [-0.4, -0.2) is 69.3 Å². The van der Waals surface area contributed by atoms with E-state index in [2.05, 4.69) is 53.4 Å². The molecule has 4 aliphatic rings. The van der Waals surface area contributed by atoms with Crippen molar-refractivity contribution in [1.29, 1.82) is 0 Å². The van der Waals surface area contributed by atoms with Crippen LogP contribution in [0.5, 0.6) is 0 Å². The molecule has 35 heavy (non-hydrogen) atoms. The molecule has 0 radical (unpaired) electrons. The monoisotopic (exact) mass is 480 g/mol. The third-order valence-corrected chi connectivity index (χ3v) is 7.65. The van der Waals surface area contributed by atoms with Gasteiger partial charge in [-0.1, -0.05) is 54.6 Å². The second kappa shape index (κ2) is 10.5. The number of hydrogen-bond donors (Lipinski definition) is 3. The Morgan fingerprint density at radius 2 is 1.43 bits per heavy atom. The fraction of sp³-hybridized carbons (Fsp3) is 0.444. The molecule has 0 spiro atoms. The van der Waals surface area contributed by atoms with E-state index < -0.39 is 23.6 Å². The number of carboxylic acid groups (broad SMARTS) is 3. The molecule has 2 atom stereocenters. The van der Waals surface area contributed by atoms with Crippen molar-refractivity contribution in [1.82, 2.24) is 9.80 Å². The standard InChI is InChI=1S/C23H26N2O2.C4H6O4/c26-22(27)25-15-12-17-6-4-5-9-20(17)23(25,19-7-2-1-3-8-19)21-16-24-13-10-18(21)11-14-24;5-3(6)1-2-4(7)8/h1-9,18,21H,10-16H2,(H,26,27);1-2H2,(H,5,6)(H,7,8)/t21-,23-;/m0./s1. The van der Waals surface area contributed by atoms with E-state index in [1.54, 1.807) is 4.90 Å². The van der Waals surface area contributed by atoms with Crippen molar-refractivity contribution in [2.24, 2.45) is 11.8 Å². The zero-order valence-electron chi connectivity index (χ0n) is 19.7. The molecule has 0 aliphatic carbocycles. The van der Waals surface area contributed by atoms with Crippen molar-refractivity contribution in [3.8, 4) is 0 Å². The van der Waals surface area contributed by atoms with Gasteiger partial charge in [-0.2, -0.15) is 0 Å². The third kappa shape index (κ3) is 4.89. The summed E-state index contributed by atoms with van der Waals surface area (Å²) in [5.41, 5.74) is 3.03. The zero-order chi connectivity index (χ0) is 25.0. The molecule has 2 aromatic carbocycles. The van der Waals surface area contributed by atoms with Gasteiger partial charge in [-0.25, -0.2) is 4.79 Å². The van der Waals surface area contributed by atoms with Crippen LogP contribution in [0.4, 0.5) is 4.79 Å². The highest BCUT2D eigenvalue weighted by molar-refractivity contribution is 5.75. The molecule has 3 saturated heterocycles. The maximum Gasteiger partial charge on any atom is 0.408 e. The van der Waals surface area contributed by atoms with Gasteiger partial charge in [-0.15, -0.1) is 0 Å². The topological polar surface area (TPSA) is 118 Å². The number of rotatable bonds is 5. The molecule has 1 amide bonds. The van der Waals surface area contributed by atoms with Crippen LogP contribution < -0.4 is 0 Å². The minimum Gasteiger partial charge on any atom is -0.481 e. The van der Waals surface area contributed by atoms with Gasteiger partial charge < -0.3 is 20.2 Å². The normalized spacial score (nSPS) is 26.7. The molecule has 8 heteroatoms. The smallest absolute Gasteiger partial charge is 0.408 e. The predicted octanol–water partition coefficient (Wildman–Crippen LogP) is 3.74. The Morgan fingerprint density at radius 3 is 1.97 bits per heavy atom. The lowest BCUT2D eigenvalue weighted by atomic mass is 9.60. The lowest BCUT2D eigenvalue weighted by Gasteiger charge is -2.58. The molecular formula is C27H32N2O6. The lowest BCUT2D eigenvalue weighted by molar-refractivity contribution is -0.143. The molecule has 4 aliphatic heterocycles. The van der Waals surface area contributed by atoms with Gasteiger partial charge in [0.1, 0.15) is 5.54 Å². The number of nitrogens with zero attached hydrogens (tertiary/aromatic N) is 2. The Labute approximate surface area is 204 Å². The molecule has 2 aromatic rings. The van der Waals surface area contributed by atoms with Crippen LogP contribution in [0, 0.1) is 11.8 Å². The number of carbonyl (C=O) groups is 3. The molecular weight excluding hydrogens is 448 g/mol. The SMILES string of the molecule is O=C(O)CCC(=O)O.O=C(O)N1CCc2ccccc2[C@@]1(c1ccccc1)[C@H]1CN2CCC1CC2. The summed E-state index contributed by atoms with van der Waals surface area (Å²) in [5, 5.41) is 26.1. The van der Waals surface area contributed by atoms with Gasteiger partial charge >= 0.3 is 18.0 Å². The molecule has 0 saturated carbocycles. The third-order valence-electron chi connectivity index (χ3n) is 7.65. The van der Waals surface area contributed by atoms with Crippen LogP contribution >= 0.6 is 0 Å². The second-order valence-electron chi connectivity index (χ2n) is 9.51. The molecule has 186 valence electrons. The number of benzene rings is 2. The van der Waals surface area contributed by atoms with Gasteiger partial charge in [0.15, 0.2) is 0 Å². The maximum absolute atomic E-state index is 12.5. The molecule has 6 rings (SSSR count). The summed E-state index contributed by atoms with van der Waals surface area (Å²) >= 11 is 0. The Bertz CT molecular complexity index is 1050. The number of fused-ring (bicyclic) bond motifs is 4. The first-order valence-corrected chi connectivity index (χ1v) is 12.1. The number of hydrogen-bond acceptors (Lipinski definition) is 4. The molecule has 8 nitrogen and oxygen atoms in total. The van der Waals surface area contributed by atoms with Crippen LogP contribution in [0.15, 0.2) is 54.6 Å². The van der Waals surface area contributed by atoms with Gasteiger partial charge in [0.25, 0.3) is 0 Å². The Kier molecular flexibility index (Phi) is 7.40. The van der Waals surface area contributed by atoms with E-state index in [9.17, 15) is 19.5 Å². The van der Waals surface area contributed by atoms with Crippen LogP contribution in [0.3, 0.4) is 0 Å². The fourth-order valence-electron chi connectivity index (χ4n) is 6.18. The summed E-state index contributed by atoms with van der Waals surface area (Å²) in [4.78, 5) is 36.1. The first kappa shape index (κ1) is 24.7. The van der Waals surface area contributed by atoms with Crippen molar-refractivity contribution in [3.05, 3.63) is 71.3 Å². The van der Waals surface area contributed by atoms with E-state index in [0.29, 0.717) is 18.4 Å². The first-order chi connectivity index (χ1) is 16.8. The summed E-state index contributed by atoms with van der Waals surface area (Å²) in [5.74, 6) is -1.29. The summed E-state index contributed by atoms with van der Waals surface area (Å²) < 4.78 is 0. The minimum atomic E-state index is -1.08. The molecule has 0 aromatic heterocycles. The van der Waals surface area contributed by atoms with E-state index in [0.717, 1.165) is 31.6 Å². The van der Waals surface area contributed by atoms with Gasteiger partial charge in [0, 0.05) is 19.0 Å². The van der Waals surface area contributed by atoms with Crippen molar-refractivity contribution < 1.29 is 29.7 Å². The van der Waals surface area contributed by atoms with Gasteiger partial charge in [-0.3, -0.25) is 14.5 Å². The quantitative estimate of drug-likeness (QED) is 0.596. The van der Waals surface area contributed by atoms with Crippen LogP contribution in [-0.2, 0) is 21.5 Å². The first-order valence-electron chi connectivity index (χ1n) is 12.1. The van der Waals surface area contributed by atoms with Crippen molar-refractivity contribution in [3.63, 3.8) is 0 Å². The predicted molar refractivity (Wildman–Crippen MR) is 129 cm³/mol. The highest BCUT2D eigenvalue weighted by atomic mass is 16.4. The molecule has 0 unspecified atom stereocenters. The summed E-state index contributed by atoms with van der Waals surface area (Å²) in [7, 11) is 0. The van der Waals surface area contributed by atoms with Gasteiger partial charge in [0.05, 0.1) is 12.8 Å². The number of aliphatic carboxylic acids is 2. The van der Waals surface area contributed by atoms with E-state index in [4.69, 9.17) is 10.2 Å². The Hall–Kier alpha value is -3.39. The Morgan fingerprint density at radius 1 is 0.829 bits per heavy atom. The van der Waals surface area contributed by atoms with Crippen molar-refractivity contribution in [2.45, 2.75) is 37.6 Å². The number of amides is 1. The highest BCUT2D eigenvalue weighted by Crippen LogP contribution is 2.52. The minimum absolute atomic E-state index is 0.292. The largest absolute Gasteiger partial charge is 0.481 e. The average Bonchev–Trinajstić information content (AvgIpc) is 2.88.